The number of Topliss-reactive ketones (excluding diaryl/α,β-unsaturated/α-hetero) is 1. The third-order valence-corrected chi connectivity index (χ3v) is 7.23. The van der Waals surface area contributed by atoms with Gasteiger partial charge in [-0.15, -0.1) is 12.4 Å². The van der Waals surface area contributed by atoms with Crippen LogP contribution in [0.15, 0.2) is 60.9 Å². The molecule has 2 aromatic heterocycles. The van der Waals surface area contributed by atoms with E-state index in [0.717, 1.165) is 77.8 Å². The largest absolute Gasteiger partial charge is 0.437 e. The smallest absolute Gasteiger partial charge is 0.228 e. The topological polar surface area (TPSA) is 101 Å². The number of fused-ring (bicyclic) bond motifs is 1. The quantitative estimate of drug-likeness (QED) is 0.244. The monoisotopic (exact) mass is 544 g/mol. The molecule has 1 saturated heterocycles. The van der Waals surface area contributed by atoms with Crippen molar-refractivity contribution < 1.29 is 9.53 Å². The van der Waals surface area contributed by atoms with Crippen LogP contribution in [0.3, 0.4) is 0 Å². The number of ether oxygens (including phenoxy) is 1. The number of carbonyl (C=O) groups is 1. The lowest BCUT2D eigenvalue weighted by molar-refractivity contribution is -0.118. The maximum atomic E-state index is 12.3. The minimum Gasteiger partial charge on any atom is -0.437 e. The zero-order valence-corrected chi connectivity index (χ0v) is 22.8. The van der Waals surface area contributed by atoms with Crippen LogP contribution in [0, 0.1) is 12.8 Å². The molecule has 202 valence electrons. The molecule has 1 aliphatic carbocycles. The van der Waals surface area contributed by atoms with Gasteiger partial charge in [-0.3, -0.25) is 4.79 Å². The highest BCUT2D eigenvalue weighted by Gasteiger charge is 2.29. The van der Waals surface area contributed by atoms with E-state index >= 15 is 0 Å². The van der Waals surface area contributed by atoms with Crippen molar-refractivity contribution in [2.24, 2.45) is 5.92 Å². The first-order chi connectivity index (χ1) is 18.7. The van der Waals surface area contributed by atoms with E-state index < -0.39 is 0 Å². The van der Waals surface area contributed by atoms with Crippen molar-refractivity contribution in [3.8, 4) is 22.9 Å². The van der Waals surface area contributed by atoms with Crippen molar-refractivity contribution in [2.45, 2.75) is 38.6 Å². The van der Waals surface area contributed by atoms with E-state index in [2.05, 4.69) is 32.0 Å². The van der Waals surface area contributed by atoms with Crippen molar-refractivity contribution in [1.29, 1.82) is 0 Å². The fourth-order valence-electron chi connectivity index (χ4n) is 4.96. The number of benzene rings is 2. The number of rotatable bonds is 9. The SMILES string of the molecule is Cc1ccc2c(NCC(=O)C3CC3)cccc2c1Oc1ncccc1-c1ccnc(N[C@H]2CCCNC2)n1.Cl. The minimum absolute atomic E-state index is 0. The molecule has 1 atom stereocenters. The fourth-order valence-corrected chi connectivity index (χ4v) is 4.96. The van der Waals surface area contributed by atoms with Crippen LogP contribution < -0.4 is 20.7 Å². The summed E-state index contributed by atoms with van der Waals surface area (Å²) in [6, 6.07) is 16.2. The van der Waals surface area contributed by atoms with Crippen LogP contribution in [-0.4, -0.2) is 46.4 Å². The Morgan fingerprint density at radius 3 is 2.74 bits per heavy atom. The first-order valence-electron chi connectivity index (χ1n) is 13.4. The second-order valence-electron chi connectivity index (χ2n) is 10.1. The number of nitrogens with zero attached hydrogens (tertiary/aromatic N) is 3. The molecule has 4 aromatic rings. The summed E-state index contributed by atoms with van der Waals surface area (Å²) < 4.78 is 6.53. The average Bonchev–Trinajstić information content (AvgIpc) is 3.80. The molecule has 39 heavy (non-hydrogen) atoms. The fraction of sp³-hybridized carbons (Fsp3) is 0.333. The number of hydrogen-bond donors (Lipinski definition) is 3. The van der Waals surface area contributed by atoms with Crippen molar-refractivity contribution in [3.63, 3.8) is 0 Å². The molecule has 0 spiro atoms. The van der Waals surface area contributed by atoms with Gasteiger partial charge in [0.2, 0.25) is 11.8 Å². The van der Waals surface area contributed by atoms with Crippen molar-refractivity contribution in [3.05, 3.63) is 66.5 Å². The Hall–Kier alpha value is -3.75. The van der Waals surface area contributed by atoms with Gasteiger partial charge in [-0.25, -0.2) is 15.0 Å². The van der Waals surface area contributed by atoms with E-state index in [1.807, 2.05) is 49.4 Å². The van der Waals surface area contributed by atoms with Crippen LogP contribution in [0.25, 0.3) is 22.0 Å². The molecule has 9 heteroatoms. The predicted octanol–water partition coefficient (Wildman–Crippen LogP) is 5.77. The molecule has 0 amide bonds. The average molecular weight is 545 g/mol. The Morgan fingerprint density at radius 1 is 1.03 bits per heavy atom. The number of hydrogen-bond acceptors (Lipinski definition) is 8. The van der Waals surface area contributed by atoms with E-state index in [1.165, 1.54) is 0 Å². The summed E-state index contributed by atoms with van der Waals surface area (Å²) in [4.78, 5) is 26.1. The first kappa shape index (κ1) is 26.8. The van der Waals surface area contributed by atoms with E-state index in [1.54, 1.807) is 12.4 Å². The first-order valence-corrected chi connectivity index (χ1v) is 13.4. The lowest BCUT2D eigenvalue weighted by Crippen LogP contribution is -2.38. The van der Waals surface area contributed by atoms with E-state index in [0.29, 0.717) is 24.4 Å². The highest BCUT2D eigenvalue weighted by atomic mass is 35.5. The molecule has 2 aromatic carbocycles. The van der Waals surface area contributed by atoms with E-state index in [-0.39, 0.29) is 24.1 Å². The lowest BCUT2D eigenvalue weighted by atomic mass is 10.0. The van der Waals surface area contributed by atoms with Crippen LogP contribution in [0.2, 0.25) is 0 Å². The highest BCUT2D eigenvalue weighted by Crippen LogP contribution is 2.39. The Kier molecular flexibility index (Phi) is 8.24. The molecule has 1 saturated carbocycles. The number of aromatic nitrogens is 3. The van der Waals surface area contributed by atoms with Crippen LogP contribution in [-0.2, 0) is 4.79 Å². The molecule has 6 rings (SSSR count). The Balaban J connectivity index is 0.00000308. The predicted molar refractivity (Wildman–Crippen MR) is 157 cm³/mol. The standard InChI is InChI=1S/C30H32N6O2.ClH/c1-19-9-12-22-23(6-2-8-25(22)34-18-27(37)20-10-11-20)28(19)38-29-24(7-4-15-32-29)26-13-16-33-30(36-26)35-21-5-3-14-31-17-21;/h2,4,6-9,12-13,15-16,20-21,31,34H,3,5,10-11,14,17-18H2,1H3,(H,33,35,36);1H/t21-;/m0./s1. The summed E-state index contributed by atoms with van der Waals surface area (Å²) in [7, 11) is 0. The number of ketones is 1. The molecule has 0 unspecified atom stereocenters. The van der Waals surface area contributed by atoms with Gasteiger partial charge in [-0.05, 0) is 69.0 Å². The van der Waals surface area contributed by atoms with Crippen molar-refractivity contribution in [1.82, 2.24) is 20.3 Å². The summed E-state index contributed by atoms with van der Waals surface area (Å²) in [5.74, 6) is 2.33. The van der Waals surface area contributed by atoms with Gasteiger partial charge in [0, 0.05) is 47.4 Å². The number of nitrogens with one attached hydrogen (secondary N) is 3. The molecule has 0 radical (unpaired) electrons. The molecule has 1 aliphatic heterocycles. The van der Waals surface area contributed by atoms with Gasteiger partial charge in [0.05, 0.1) is 17.8 Å². The summed E-state index contributed by atoms with van der Waals surface area (Å²) in [5, 5.41) is 12.2. The van der Waals surface area contributed by atoms with Gasteiger partial charge in [0.1, 0.15) is 5.75 Å². The van der Waals surface area contributed by atoms with Gasteiger partial charge in [0.15, 0.2) is 5.78 Å². The van der Waals surface area contributed by atoms with Crippen LogP contribution >= 0.6 is 12.4 Å². The summed E-state index contributed by atoms with van der Waals surface area (Å²) in [6.45, 7) is 4.33. The van der Waals surface area contributed by atoms with Crippen LogP contribution in [0.5, 0.6) is 11.6 Å². The molecule has 0 bridgehead atoms. The molecular weight excluding hydrogens is 512 g/mol. The summed E-state index contributed by atoms with van der Waals surface area (Å²) >= 11 is 0. The number of anilines is 2. The molecular formula is C30H33ClN6O2. The summed E-state index contributed by atoms with van der Waals surface area (Å²) in [5.41, 5.74) is 3.45. The van der Waals surface area contributed by atoms with Gasteiger partial charge in [-0.2, -0.15) is 0 Å². The number of pyridine rings is 1. The van der Waals surface area contributed by atoms with Gasteiger partial charge in [-0.1, -0.05) is 24.3 Å². The number of carbonyl (C=O) groups excluding carboxylic acids is 1. The maximum Gasteiger partial charge on any atom is 0.228 e. The van der Waals surface area contributed by atoms with Crippen LogP contribution in [0.4, 0.5) is 11.6 Å². The second kappa shape index (κ2) is 12.0. The summed E-state index contributed by atoms with van der Waals surface area (Å²) in [6.07, 6.45) is 7.75. The third kappa shape index (κ3) is 6.13. The molecule has 2 aliphatic rings. The van der Waals surface area contributed by atoms with Crippen LogP contribution in [0.1, 0.15) is 31.2 Å². The zero-order valence-electron chi connectivity index (χ0n) is 21.9. The lowest BCUT2D eigenvalue weighted by Gasteiger charge is -2.23. The number of aryl methyl sites for hydroxylation is 1. The van der Waals surface area contributed by atoms with E-state index in [9.17, 15) is 4.79 Å². The maximum absolute atomic E-state index is 12.3. The van der Waals surface area contributed by atoms with Gasteiger partial charge < -0.3 is 20.7 Å². The van der Waals surface area contributed by atoms with Crippen molar-refractivity contribution >= 4 is 40.6 Å². The van der Waals surface area contributed by atoms with Gasteiger partial charge in [0.25, 0.3) is 0 Å². The molecule has 8 nitrogen and oxygen atoms in total. The van der Waals surface area contributed by atoms with E-state index in [4.69, 9.17) is 9.72 Å². The molecule has 3 heterocycles. The minimum atomic E-state index is 0. The third-order valence-electron chi connectivity index (χ3n) is 7.23. The van der Waals surface area contributed by atoms with Crippen molar-refractivity contribution in [2.75, 3.05) is 30.3 Å². The Labute approximate surface area is 234 Å². The molecule has 3 N–H and O–H groups in total. The Bertz CT molecular complexity index is 1470. The molecule has 2 fully saturated rings. The number of halogens is 1. The zero-order chi connectivity index (χ0) is 25.9. The highest BCUT2D eigenvalue weighted by molar-refractivity contribution is 6.00. The van der Waals surface area contributed by atoms with Gasteiger partial charge >= 0.3 is 0 Å². The number of piperidine rings is 1. The normalized spacial score (nSPS) is 16.8. The second-order valence-corrected chi connectivity index (χ2v) is 10.1. The Morgan fingerprint density at radius 2 is 1.92 bits per heavy atom.